The number of amides is 1. The predicted molar refractivity (Wildman–Crippen MR) is 73.3 cm³/mol. The van der Waals surface area contributed by atoms with Gasteiger partial charge in [-0.3, -0.25) is 4.79 Å². The Labute approximate surface area is 108 Å². The topological polar surface area (TPSA) is 20.3 Å². The van der Waals surface area contributed by atoms with Gasteiger partial charge in [-0.2, -0.15) is 12.6 Å². The summed E-state index contributed by atoms with van der Waals surface area (Å²) >= 11 is 4.28. The van der Waals surface area contributed by atoms with Crippen LogP contribution in [0.2, 0.25) is 0 Å². The van der Waals surface area contributed by atoms with Crippen molar-refractivity contribution in [2.75, 3.05) is 12.3 Å². The number of rotatable bonds is 3. The van der Waals surface area contributed by atoms with Gasteiger partial charge in [0.1, 0.15) is 0 Å². The van der Waals surface area contributed by atoms with Crippen molar-refractivity contribution in [1.82, 2.24) is 4.90 Å². The lowest BCUT2D eigenvalue weighted by Crippen LogP contribution is -2.24. The monoisotopic (exact) mass is 249 g/mol. The van der Waals surface area contributed by atoms with Crippen LogP contribution in [-0.2, 0) is 11.3 Å². The highest BCUT2D eigenvalue weighted by atomic mass is 32.1. The third-order valence-electron chi connectivity index (χ3n) is 3.21. The highest BCUT2D eigenvalue weighted by Gasteiger charge is 2.28. The molecule has 0 radical (unpaired) electrons. The van der Waals surface area contributed by atoms with E-state index in [0.29, 0.717) is 12.3 Å². The zero-order valence-electron chi connectivity index (χ0n) is 10.4. The van der Waals surface area contributed by atoms with Gasteiger partial charge in [0.25, 0.3) is 0 Å². The smallest absolute Gasteiger partial charge is 0.223 e. The van der Waals surface area contributed by atoms with Crippen molar-refractivity contribution in [3.8, 4) is 0 Å². The van der Waals surface area contributed by atoms with Crippen molar-refractivity contribution >= 4 is 18.5 Å². The van der Waals surface area contributed by atoms with E-state index < -0.39 is 0 Å². The van der Waals surface area contributed by atoms with Gasteiger partial charge in [-0.25, -0.2) is 0 Å². The lowest BCUT2D eigenvalue weighted by molar-refractivity contribution is -0.128. The van der Waals surface area contributed by atoms with Gasteiger partial charge < -0.3 is 4.90 Å². The number of carbonyl (C=O) groups is 1. The second-order valence-corrected chi connectivity index (χ2v) is 5.39. The van der Waals surface area contributed by atoms with E-state index in [4.69, 9.17) is 0 Å². The van der Waals surface area contributed by atoms with Crippen LogP contribution >= 0.6 is 12.6 Å². The number of benzene rings is 1. The van der Waals surface area contributed by atoms with Crippen molar-refractivity contribution < 1.29 is 4.79 Å². The third kappa shape index (κ3) is 3.03. The molecule has 2 rings (SSSR count). The molecule has 0 spiro atoms. The Hall–Kier alpha value is -0.960. The van der Waals surface area contributed by atoms with E-state index in [-0.39, 0.29) is 5.91 Å². The highest BCUT2D eigenvalue weighted by Crippen LogP contribution is 2.21. The Kier molecular flexibility index (Phi) is 3.77. The van der Waals surface area contributed by atoms with Gasteiger partial charge in [0.2, 0.25) is 5.91 Å². The number of nitrogens with zero attached hydrogens (tertiary/aromatic N) is 1. The summed E-state index contributed by atoms with van der Waals surface area (Å²) in [5.41, 5.74) is 3.76. The van der Waals surface area contributed by atoms with Gasteiger partial charge in [0.15, 0.2) is 0 Å². The maximum Gasteiger partial charge on any atom is 0.223 e. The van der Waals surface area contributed by atoms with Crippen molar-refractivity contribution in [1.29, 1.82) is 0 Å². The molecule has 1 aliphatic heterocycles. The number of likely N-dealkylation sites (tertiary alicyclic amines) is 1. The minimum atomic E-state index is 0.267. The number of thiol groups is 1. The van der Waals surface area contributed by atoms with Crippen molar-refractivity contribution in [3.63, 3.8) is 0 Å². The predicted octanol–water partition coefficient (Wildman–Crippen LogP) is 2.58. The molecule has 0 saturated carbocycles. The molecule has 1 unspecified atom stereocenters. The first-order valence-corrected chi connectivity index (χ1v) is 6.67. The Balaban J connectivity index is 2.08. The van der Waals surface area contributed by atoms with Crippen LogP contribution in [0.5, 0.6) is 0 Å². The van der Waals surface area contributed by atoms with E-state index in [1.165, 1.54) is 16.7 Å². The molecule has 1 aromatic carbocycles. The van der Waals surface area contributed by atoms with Gasteiger partial charge in [-0.1, -0.05) is 29.3 Å². The molecule has 0 N–H and O–H groups in total. The van der Waals surface area contributed by atoms with E-state index in [1.54, 1.807) is 0 Å². The van der Waals surface area contributed by atoms with Crippen LogP contribution in [-0.4, -0.2) is 23.1 Å². The average molecular weight is 249 g/mol. The lowest BCUT2D eigenvalue weighted by atomic mass is 10.1. The van der Waals surface area contributed by atoms with Gasteiger partial charge in [0.05, 0.1) is 0 Å². The van der Waals surface area contributed by atoms with Crippen molar-refractivity contribution in [2.24, 2.45) is 5.92 Å². The summed E-state index contributed by atoms with van der Waals surface area (Å²) in [5.74, 6) is 1.50. The Morgan fingerprint density at radius 2 is 1.94 bits per heavy atom. The van der Waals surface area contributed by atoms with Crippen molar-refractivity contribution in [2.45, 2.75) is 26.8 Å². The van der Waals surface area contributed by atoms with Crippen LogP contribution in [0.3, 0.4) is 0 Å². The molecule has 1 aliphatic rings. The molecule has 1 aromatic rings. The Morgan fingerprint density at radius 3 is 2.47 bits per heavy atom. The SMILES string of the molecule is Cc1cc(C)cc(CN2CC(CS)CC2=O)c1. The minimum Gasteiger partial charge on any atom is -0.338 e. The molecule has 1 saturated heterocycles. The fourth-order valence-corrected chi connectivity index (χ4v) is 2.75. The number of aryl methyl sites for hydroxylation is 2. The maximum atomic E-state index is 11.8. The van der Waals surface area contributed by atoms with Gasteiger partial charge in [-0.15, -0.1) is 0 Å². The Morgan fingerprint density at radius 1 is 1.29 bits per heavy atom. The van der Waals surface area contributed by atoms with Crippen molar-refractivity contribution in [3.05, 3.63) is 34.9 Å². The van der Waals surface area contributed by atoms with Gasteiger partial charge in [-0.05, 0) is 31.1 Å². The summed E-state index contributed by atoms with van der Waals surface area (Å²) in [6.45, 7) is 5.79. The summed E-state index contributed by atoms with van der Waals surface area (Å²) in [4.78, 5) is 13.8. The van der Waals surface area contributed by atoms with E-state index in [2.05, 4.69) is 44.7 Å². The normalized spacial score (nSPS) is 20.1. The molecule has 1 atom stereocenters. The third-order valence-corrected chi connectivity index (χ3v) is 3.72. The molecule has 92 valence electrons. The van der Waals surface area contributed by atoms with E-state index in [1.807, 2.05) is 4.90 Å². The molecule has 17 heavy (non-hydrogen) atoms. The van der Waals surface area contributed by atoms with E-state index in [9.17, 15) is 4.79 Å². The number of carbonyl (C=O) groups excluding carboxylic acids is 1. The first-order valence-electron chi connectivity index (χ1n) is 6.04. The summed E-state index contributed by atoms with van der Waals surface area (Å²) in [6.07, 6.45) is 0.661. The maximum absolute atomic E-state index is 11.8. The van der Waals surface area contributed by atoms with Gasteiger partial charge in [0, 0.05) is 19.5 Å². The standard InChI is InChI=1S/C14H19NOS/c1-10-3-11(2)5-12(4-10)7-15-8-13(9-17)6-14(15)16/h3-5,13,17H,6-9H2,1-2H3. The van der Waals surface area contributed by atoms with Crippen LogP contribution in [0.25, 0.3) is 0 Å². The summed E-state index contributed by atoms with van der Waals surface area (Å²) < 4.78 is 0. The van der Waals surface area contributed by atoms with E-state index in [0.717, 1.165) is 18.8 Å². The number of hydrogen-bond acceptors (Lipinski definition) is 2. The van der Waals surface area contributed by atoms with Crippen LogP contribution in [0.1, 0.15) is 23.1 Å². The van der Waals surface area contributed by atoms with Crippen LogP contribution < -0.4 is 0 Å². The molecular formula is C14H19NOS. The molecule has 0 aromatic heterocycles. The zero-order chi connectivity index (χ0) is 12.4. The molecule has 3 heteroatoms. The summed E-state index contributed by atoms with van der Waals surface area (Å²) in [7, 11) is 0. The summed E-state index contributed by atoms with van der Waals surface area (Å²) in [6, 6.07) is 6.48. The van der Waals surface area contributed by atoms with E-state index >= 15 is 0 Å². The first kappa shape index (κ1) is 12.5. The average Bonchev–Trinajstić information content (AvgIpc) is 2.58. The van der Waals surface area contributed by atoms with Crippen LogP contribution in [0.4, 0.5) is 0 Å². The quantitative estimate of drug-likeness (QED) is 0.816. The molecule has 1 amide bonds. The molecule has 1 heterocycles. The largest absolute Gasteiger partial charge is 0.338 e. The molecule has 0 bridgehead atoms. The highest BCUT2D eigenvalue weighted by molar-refractivity contribution is 7.80. The zero-order valence-corrected chi connectivity index (χ0v) is 11.3. The minimum absolute atomic E-state index is 0.267. The second kappa shape index (κ2) is 5.13. The molecule has 2 nitrogen and oxygen atoms in total. The molecule has 0 aliphatic carbocycles. The van der Waals surface area contributed by atoms with Gasteiger partial charge >= 0.3 is 0 Å². The first-order chi connectivity index (χ1) is 8.08. The molecular weight excluding hydrogens is 230 g/mol. The summed E-state index contributed by atoms with van der Waals surface area (Å²) in [5, 5.41) is 0. The van der Waals surface area contributed by atoms with Crippen LogP contribution in [0, 0.1) is 19.8 Å². The lowest BCUT2D eigenvalue weighted by Gasteiger charge is -2.17. The fourth-order valence-electron chi connectivity index (χ4n) is 2.51. The number of hydrogen-bond donors (Lipinski definition) is 1. The fraction of sp³-hybridized carbons (Fsp3) is 0.500. The molecule has 1 fully saturated rings. The van der Waals surface area contributed by atoms with Crippen LogP contribution in [0.15, 0.2) is 18.2 Å². The second-order valence-electron chi connectivity index (χ2n) is 5.02. The Bertz CT molecular complexity index is 410.